The van der Waals surface area contributed by atoms with Crippen molar-refractivity contribution in [3.8, 4) is 0 Å². The molecule has 0 saturated heterocycles. The molecule has 1 heterocycles. The number of benzene rings is 1. The monoisotopic (exact) mass is 228 g/mol. The van der Waals surface area contributed by atoms with Gasteiger partial charge in [0.2, 0.25) is 0 Å². The third kappa shape index (κ3) is 2.11. The van der Waals surface area contributed by atoms with E-state index >= 15 is 0 Å². The lowest BCUT2D eigenvalue weighted by molar-refractivity contribution is 0.0487. The Kier molecular flexibility index (Phi) is 2.69. The third-order valence-corrected chi connectivity index (χ3v) is 3.44. The van der Waals surface area contributed by atoms with Crippen LogP contribution < -0.4 is 5.32 Å². The Bertz CT molecular complexity index is 515. The summed E-state index contributed by atoms with van der Waals surface area (Å²) in [5, 5.41) is 13.9. The Hall–Kier alpha value is -1.61. The van der Waals surface area contributed by atoms with Crippen LogP contribution in [0.2, 0.25) is 0 Å². The zero-order valence-electron chi connectivity index (χ0n) is 9.63. The molecule has 1 saturated carbocycles. The lowest BCUT2D eigenvalue weighted by Gasteiger charge is -2.31. The molecule has 2 aromatic rings. The number of para-hydroxylation sites is 1. The molecule has 2 N–H and O–H groups in total. The Labute approximate surface area is 100 Å². The standard InChI is InChI=1S/C14H16N2O/c17-11-7-10(8-11)9-16-14-5-6-15-13-4-2-1-3-12(13)14/h1-6,10-11,17H,7-9H2,(H,15,16). The first-order valence-electron chi connectivity index (χ1n) is 6.08. The molecule has 3 nitrogen and oxygen atoms in total. The lowest BCUT2D eigenvalue weighted by atomic mass is 9.82. The van der Waals surface area contributed by atoms with Crippen molar-refractivity contribution in [2.75, 3.05) is 11.9 Å². The van der Waals surface area contributed by atoms with Gasteiger partial charge in [-0.1, -0.05) is 18.2 Å². The van der Waals surface area contributed by atoms with Gasteiger partial charge in [-0.05, 0) is 30.9 Å². The summed E-state index contributed by atoms with van der Waals surface area (Å²) < 4.78 is 0. The molecule has 0 atom stereocenters. The van der Waals surface area contributed by atoms with Gasteiger partial charge < -0.3 is 10.4 Å². The van der Waals surface area contributed by atoms with Gasteiger partial charge in [0, 0.05) is 23.8 Å². The van der Waals surface area contributed by atoms with Crippen molar-refractivity contribution in [3.05, 3.63) is 36.5 Å². The molecule has 3 heteroatoms. The Balaban J connectivity index is 1.76. The second-order valence-electron chi connectivity index (χ2n) is 4.75. The number of aromatic nitrogens is 1. The number of hydrogen-bond donors (Lipinski definition) is 2. The van der Waals surface area contributed by atoms with Crippen molar-refractivity contribution in [2.24, 2.45) is 5.92 Å². The number of pyridine rings is 1. The molecule has 0 radical (unpaired) electrons. The Morgan fingerprint density at radius 1 is 1.24 bits per heavy atom. The van der Waals surface area contributed by atoms with Crippen LogP contribution in [-0.2, 0) is 0 Å². The zero-order chi connectivity index (χ0) is 11.7. The highest BCUT2D eigenvalue weighted by Gasteiger charge is 2.26. The van der Waals surface area contributed by atoms with Crippen molar-refractivity contribution in [1.82, 2.24) is 4.98 Å². The minimum absolute atomic E-state index is 0.0732. The zero-order valence-corrected chi connectivity index (χ0v) is 9.63. The molecule has 1 fully saturated rings. The summed E-state index contributed by atoms with van der Waals surface area (Å²) >= 11 is 0. The number of hydrogen-bond acceptors (Lipinski definition) is 3. The van der Waals surface area contributed by atoms with E-state index in [1.54, 1.807) is 0 Å². The van der Waals surface area contributed by atoms with E-state index in [0.29, 0.717) is 5.92 Å². The van der Waals surface area contributed by atoms with Crippen molar-refractivity contribution in [3.63, 3.8) is 0 Å². The number of rotatable bonds is 3. The highest BCUT2D eigenvalue weighted by atomic mass is 16.3. The van der Waals surface area contributed by atoms with Crippen molar-refractivity contribution in [2.45, 2.75) is 18.9 Å². The minimum Gasteiger partial charge on any atom is -0.393 e. The van der Waals surface area contributed by atoms with E-state index in [-0.39, 0.29) is 6.10 Å². The van der Waals surface area contributed by atoms with Crippen LogP contribution in [0.5, 0.6) is 0 Å². The minimum atomic E-state index is -0.0732. The highest BCUT2D eigenvalue weighted by molar-refractivity contribution is 5.90. The molecule has 1 aliphatic carbocycles. The number of aliphatic hydroxyl groups excluding tert-OH is 1. The predicted octanol–water partition coefficient (Wildman–Crippen LogP) is 2.42. The molecule has 0 bridgehead atoms. The predicted molar refractivity (Wildman–Crippen MR) is 69.0 cm³/mol. The summed E-state index contributed by atoms with van der Waals surface area (Å²) in [6.07, 6.45) is 3.61. The van der Waals surface area contributed by atoms with E-state index in [1.165, 1.54) is 0 Å². The first-order valence-corrected chi connectivity index (χ1v) is 6.08. The molecule has 1 aromatic carbocycles. The number of aliphatic hydroxyl groups is 1. The highest BCUT2D eigenvalue weighted by Crippen LogP contribution is 2.28. The van der Waals surface area contributed by atoms with Gasteiger partial charge in [-0.15, -0.1) is 0 Å². The van der Waals surface area contributed by atoms with Gasteiger partial charge >= 0.3 is 0 Å². The van der Waals surface area contributed by atoms with Crippen molar-refractivity contribution < 1.29 is 5.11 Å². The van der Waals surface area contributed by atoms with Crippen LogP contribution in [-0.4, -0.2) is 22.7 Å². The second-order valence-corrected chi connectivity index (χ2v) is 4.75. The van der Waals surface area contributed by atoms with Crippen molar-refractivity contribution >= 4 is 16.6 Å². The van der Waals surface area contributed by atoms with Gasteiger partial charge in [-0.3, -0.25) is 4.98 Å². The van der Waals surface area contributed by atoms with E-state index in [4.69, 9.17) is 0 Å². The fraction of sp³-hybridized carbons (Fsp3) is 0.357. The van der Waals surface area contributed by atoms with Crippen LogP contribution in [0, 0.1) is 5.92 Å². The fourth-order valence-corrected chi connectivity index (χ4v) is 2.37. The van der Waals surface area contributed by atoms with E-state index in [9.17, 15) is 5.11 Å². The molecule has 0 aliphatic heterocycles. The molecule has 0 spiro atoms. The van der Waals surface area contributed by atoms with E-state index in [0.717, 1.165) is 36.0 Å². The summed E-state index contributed by atoms with van der Waals surface area (Å²) in [4.78, 5) is 4.34. The molecule has 1 aliphatic rings. The topological polar surface area (TPSA) is 45.1 Å². The summed E-state index contributed by atoms with van der Waals surface area (Å²) in [7, 11) is 0. The average Bonchev–Trinajstić information content (AvgIpc) is 2.33. The quantitative estimate of drug-likeness (QED) is 0.848. The molecule has 1 aromatic heterocycles. The molecule has 17 heavy (non-hydrogen) atoms. The Morgan fingerprint density at radius 2 is 2.06 bits per heavy atom. The first kappa shape index (κ1) is 10.5. The Morgan fingerprint density at radius 3 is 2.88 bits per heavy atom. The maximum atomic E-state index is 9.25. The molecular formula is C14H16N2O. The lowest BCUT2D eigenvalue weighted by Crippen LogP contribution is -2.33. The SMILES string of the molecule is OC1CC(CNc2ccnc3ccccc23)C1. The van der Waals surface area contributed by atoms with Gasteiger partial charge in [0.15, 0.2) is 0 Å². The second kappa shape index (κ2) is 4.34. The summed E-state index contributed by atoms with van der Waals surface area (Å²) in [5.41, 5.74) is 2.16. The fourth-order valence-electron chi connectivity index (χ4n) is 2.37. The normalized spacial score (nSPS) is 23.4. The molecular weight excluding hydrogens is 212 g/mol. The number of anilines is 1. The summed E-state index contributed by atoms with van der Waals surface area (Å²) in [6.45, 7) is 0.936. The van der Waals surface area contributed by atoms with Crippen LogP contribution >= 0.6 is 0 Å². The summed E-state index contributed by atoms with van der Waals surface area (Å²) in [5.74, 6) is 0.608. The first-order chi connectivity index (χ1) is 8.33. The van der Waals surface area contributed by atoms with Crippen LogP contribution in [0.15, 0.2) is 36.5 Å². The maximum Gasteiger partial charge on any atom is 0.0722 e. The summed E-state index contributed by atoms with van der Waals surface area (Å²) in [6, 6.07) is 10.1. The van der Waals surface area contributed by atoms with Crippen LogP contribution in [0.1, 0.15) is 12.8 Å². The third-order valence-electron chi connectivity index (χ3n) is 3.44. The maximum absolute atomic E-state index is 9.25. The molecule has 3 rings (SSSR count). The van der Waals surface area contributed by atoms with E-state index in [2.05, 4.69) is 16.4 Å². The van der Waals surface area contributed by atoms with Gasteiger partial charge in [-0.25, -0.2) is 0 Å². The van der Waals surface area contributed by atoms with Crippen LogP contribution in [0.4, 0.5) is 5.69 Å². The largest absolute Gasteiger partial charge is 0.393 e. The van der Waals surface area contributed by atoms with Crippen LogP contribution in [0.25, 0.3) is 10.9 Å². The number of nitrogens with zero attached hydrogens (tertiary/aromatic N) is 1. The molecule has 0 amide bonds. The van der Waals surface area contributed by atoms with Crippen LogP contribution in [0.3, 0.4) is 0 Å². The molecule has 88 valence electrons. The van der Waals surface area contributed by atoms with Gasteiger partial charge in [0.1, 0.15) is 0 Å². The number of fused-ring (bicyclic) bond motifs is 1. The average molecular weight is 228 g/mol. The van der Waals surface area contributed by atoms with Crippen molar-refractivity contribution in [1.29, 1.82) is 0 Å². The smallest absolute Gasteiger partial charge is 0.0722 e. The van der Waals surface area contributed by atoms with Gasteiger partial charge in [0.25, 0.3) is 0 Å². The van der Waals surface area contributed by atoms with E-state index in [1.807, 2.05) is 30.5 Å². The number of nitrogens with one attached hydrogen (secondary N) is 1. The van der Waals surface area contributed by atoms with E-state index < -0.39 is 0 Å². The van der Waals surface area contributed by atoms with Gasteiger partial charge in [0.05, 0.1) is 11.6 Å². The van der Waals surface area contributed by atoms with Gasteiger partial charge in [-0.2, -0.15) is 0 Å². The molecule has 0 unspecified atom stereocenters.